The highest BCUT2D eigenvalue weighted by molar-refractivity contribution is 6.13. The number of carbonyl (C=O) groups is 2. The largest absolute Gasteiger partial charge is 0.508 e. The molecule has 206 valence electrons. The molecule has 1 saturated heterocycles. The van der Waals surface area contributed by atoms with Crippen LogP contribution in [0.1, 0.15) is 57.7 Å². The molecule has 4 aromatic rings. The number of urea groups is 1. The molecule has 40 heavy (non-hydrogen) atoms. The fourth-order valence-corrected chi connectivity index (χ4v) is 5.36. The lowest BCUT2D eigenvalue weighted by molar-refractivity contribution is -0.123. The van der Waals surface area contributed by atoms with E-state index in [-0.39, 0.29) is 34.6 Å². The van der Waals surface area contributed by atoms with Crippen LogP contribution >= 0.6 is 0 Å². The Morgan fingerprint density at radius 1 is 0.900 bits per heavy atom. The molecular weight excluding hydrogens is 506 g/mol. The van der Waals surface area contributed by atoms with Gasteiger partial charge in [-0.3, -0.25) is 9.69 Å². The maximum Gasteiger partial charge on any atom is 0.329 e. The molecule has 2 heterocycles. The second kappa shape index (κ2) is 9.82. The minimum Gasteiger partial charge on any atom is -0.508 e. The molecule has 3 amide bonds. The molecule has 0 atom stereocenters. The first-order valence-corrected chi connectivity index (χ1v) is 13.1. The van der Waals surface area contributed by atoms with Gasteiger partial charge in [0, 0.05) is 5.56 Å². The predicted octanol–water partition coefficient (Wildman–Crippen LogP) is 5.64. The number of fused-ring (bicyclic) bond motifs is 1. The maximum absolute atomic E-state index is 13.3. The Kier molecular flexibility index (Phi) is 6.61. The van der Waals surface area contributed by atoms with Gasteiger partial charge in [-0.05, 0) is 70.9 Å². The lowest BCUT2D eigenvalue weighted by Crippen LogP contribution is -2.31. The van der Waals surface area contributed by atoms with E-state index in [9.17, 15) is 19.8 Å². The van der Waals surface area contributed by atoms with Crippen LogP contribution in [0.15, 0.2) is 66.4 Å². The first-order valence-electron chi connectivity index (χ1n) is 13.1. The first-order chi connectivity index (χ1) is 18.8. The molecule has 5 rings (SSSR count). The van der Waals surface area contributed by atoms with E-state index >= 15 is 0 Å². The molecule has 3 aromatic carbocycles. The van der Waals surface area contributed by atoms with E-state index in [1.54, 1.807) is 18.2 Å². The van der Waals surface area contributed by atoms with Crippen molar-refractivity contribution in [1.82, 2.24) is 25.2 Å². The highest BCUT2D eigenvalue weighted by Gasteiger charge is 2.35. The zero-order valence-corrected chi connectivity index (χ0v) is 23.3. The van der Waals surface area contributed by atoms with Crippen molar-refractivity contribution in [2.24, 2.45) is 5.41 Å². The third-order valence-corrected chi connectivity index (χ3v) is 6.92. The summed E-state index contributed by atoms with van der Waals surface area (Å²) in [6.07, 6.45) is 2.40. The van der Waals surface area contributed by atoms with Crippen molar-refractivity contribution in [2.45, 2.75) is 53.0 Å². The fraction of sp³-hybridized carbons (Fsp3) is 0.290. The van der Waals surface area contributed by atoms with Gasteiger partial charge in [-0.2, -0.15) is 0 Å². The number of aromatic hydroxyl groups is 2. The van der Waals surface area contributed by atoms with E-state index in [1.807, 2.05) is 36.4 Å². The van der Waals surface area contributed by atoms with E-state index in [2.05, 4.69) is 50.1 Å². The van der Waals surface area contributed by atoms with Crippen molar-refractivity contribution in [3.63, 3.8) is 0 Å². The summed E-state index contributed by atoms with van der Waals surface area (Å²) in [6.45, 7) is 10.7. The number of phenols is 2. The van der Waals surface area contributed by atoms with E-state index < -0.39 is 11.9 Å². The zero-order chi connectivity index (χ0) is 28.8. The summed E-state index contributed by atoms with van der Waals surface area (Å²) in [6, 6.07) is 16.9. The molecule has 0 unspecified atom stereocenters. The Hall–Kier alpha value is -4.66. The molecule has 0 bridgehead atoms. The number of hydrogen-bond donors (Lipinski definition) is 3. The minimum atomic E-state index is -0.585. The van der Waals surface area contributed by atoms with Crippen LogP contribution in [0.2, 0.25) is 0 Å². The fourth-order valence-electron chi connectivity index (χ4n) is 5.36. The van der Waals surface area contributed by atoms with Gasteiger partial charge < -0.3 is 15.5 Å². The predicted molar refractivity (Wildman–Crippen MR) is 153 cm³/mol. The summed E-state index contributed by atoms with van der Waals surface area (Å²) in [4.78, 5) is 28.6. The van der Waals surface area contributed by atoms with E-state index in [0.29, 0.717) is 27.8 Å². The van der Waals surface area contributed by atoms with E-state index in [1.165, 1.54) is 16.9 Å². The first kappa shape index (κ1) is 26.9. The van der Waals surface area contributed by atoms with Crippen molar-refractivity contribution in [2.75, 3.05) is 0 Å². The smallest absolute Gasteiger partial charge is 0.329 e. The van der Waals surface area contributed by atoms with Crippen LogP contribution < -0.4 is 5.32 Å². The number of imide groups is 1. The number of aromatic nitrogens is 3. The monoisotopic (exact) mass is 539 g/mol. The molecule has 9 nitrogen and oxygen atoms in total. The summed E-state index contributed by atoms with van der Waals surface area (Å²) in [7, 11) is 0. The third-order valence-electron chi connectivity index (χ3n) is 6.92. The van der Waals surface area contributed by atoms with Crippen LogP contribution in [-0.4, -0.2) is 42.0 Å². The number of benzene rings is 3. The van der Waals surface area contributed by atoms with Gasteiger partial charge in [-0.1, -0.05) is 58.9 Å². The standard InChI is InChI=1S/C31H33N5O4/c1-30(2,3)18-31(4,5)21-15-20(27(38)26(16-21)36-33-23-8-6-7-9-24(23)34-36)17-35-28(39)25(32-29(35)40)14-19-10-12-22(37)13-11-19/h6-16,37-38H,17-18H2,1-5H3,(H,32,40). The molecule has 0 aliphatic carbocycles. The summed E-state index contributed by atoms with van der Waals surface area (Å²) < 4.78 is 0. The Balaban J connectivity index is 1.56. The zero-order valence-electron chi connectivity index (χ0n) is 23.3. The number of nitrogens with one attached hydrogen (secondary N) is 1. The van der Waals surface area contributed by atoms with Gasteiger partial charge in [0.25, 0.3) is 5.91 Å². The van der Waals surface area contributed by atoms with Crippen LogP contribution in [-0.2, 0) is 16.8 Å². The summed E-state index contributed by atoms with van der Waals surface area (Å²) >= 11 is 0. The molecule has 0 saturated carbocycles. The molecule has 1 aromatic heterocycles. The quantitative estimate of drug-likeness (QED) is 0.215. The van der Waals surface area contributed by atoms with Crippen LogP contribution in [0.5, 0.6) is 11.5 Å². The van der Waals surface area contributed by atoms with Crippen molar-refractivity contribution < 1.29 is 19.8 Å². The Labute approximate surface area is 232 Å². The average Bonchev–Trinajstić information content (AvgIpc) is 3.41. The molecular formula is C31H33N5O4. The summed E-state index contributed by atoms with van der Waals surface area (Å²) in [5, 5.41) is 32.7. The van der Waals surface area contributed by atoms with Crippen molar-refractivity contribution in [3.8, 4) is 17.2 Å². The van der Waals surface area contributed by atoms with E-state index in [0.717, 1.165) is 16.9 Å². The van der Waals surface area contributed by atoms with Crippen molar-refractivity contribution in [3.05, 3.63) is 83.1 Å². The van der Waals surface area contributed by atoms with Crippen molar-refractivity contribution >= 4 is 29.0 Å². The van der Waals surface area contributed by atoms with Gasteiger partial charge in [0.2, 0.25) is 0 Å². The molecule has 0 spiro atoms. The van der Waals surface area contributed by atoms with Crippen LogP contribution in [0.4, 0.5) is 4.79 Å². The van der Waals surface area contributed by atoms with Gasteiger partial charge in [0.15, 0.2) is 0 Å². The lowest BCUT2D eigenvalue weighted by atomic mass is 9.72. The van der Waals surface area contributed by atoms with Gasteiger partial charge >= 0.3 is 6.03 Å². The number of rotatable bonds is 6. The molecule has 1 aliphatic heterocycles. The van der Waals surface area contributed by atoms with Crippen LogP contribution in [0.3, 0.4) is 0 Å². The number of hydrogen-bond acceptors (Lipinski definition) is 6. The van der Waals surface area contributed by atoms with E-state index in [4.69, 9.17) is 0 Å². The van der Waals surface area contributed by atoms with Crippen LogP contribution in [0.25, 0.3) is 22.8 Å². The third kappa shape index (κ3) is 5.40. The Morgan fingerprint density at radius 2 is 1.52 bits per heavy atom. The topological polar surface area (TPSA) is 121 Å². The Bertz CT molecular complexity index is 1610. The number of amides is 3. The molecule has 0 radical (unpaired) electrons. The SMILES string of the molecule is CC(C)(C)CC(C)(C)c1cc(CN2C(=O)NC(=Cc3ccc(O)cc3)C2=O)c(O)c(-n2nc3ccccc3n2)c1. The summed E-state index contributed by atoms with van der Waals surface area (Å²) in [5.74, 6) is -0.515. The number of carbonyl (C=O) groups excluding carboxylic acids is 2. The highest BCUT2D eigenvalue weighted by atomic mass is 16.3. The Morgan fingerprint density at radius 3 is 2.12 bits per heavy atom. The number of nitrogens with zero attached hydrogens (tertiary/aromatic N) is 4. The van der Waals surface area contributed by atoms with Crippen LogP contribution in [0, 0.1) is 5.41 Å². The minimum absolute atomic E-state index is 0.0269. The van der Waals surface area contributed by atoms with Crippen molar-refractivity contribution in [1.29, 1.82) is 0 Å². The second-order valence-corrected chi connectivity index (χ2v) is 12.1. The maximum atomic E-state index is 13.3. The number of phenolic OH excluding ortho intramolecular Hbond substituents is 2. The molecule has 1 aliphatic rings. The van der Waals surface area contributed by atoms with Gasteiger partial charge in [-0.15, -0.1) is 15.0 Å². The lowest BCUT2D eigenvalue weighted by Gasteiger charge is -2.33. The van der Waals surface area contributed by atoms with Gasteiger partial charge in [0.05, 0.1) is 6.54 Å². The highest BCUT2D eigenvalue weighted by Crippen LogP contribution is 2.40. The normalized spacial score (nSPS) is 15.3. The average molecular weight is 540 g/mol. The molecule has 9 heteroatoms. The van der Waals surface area contributed by atoms with Gasteiger partial charge in [0.1, 0.15) is 33.9 Å². The molecule has 1 fully saturated rings. The molecule has 3 N–H and O–H groups in total. The van der Waals surface area contributed by atoms with Gasteiger partial charge in [-0.25, -0.2) is 4.79 Å². The second-order valence-electron chi connectivity index (χ2n) is 12.1. The summed E-state index contributed by atoms with van der Waals surface area (Å²) in [5.41, 5.74) is 3.56.